The van der Waals surface area contributed by atoms with Crippen molar-refractivity contribution in [3.63, 3.8) is 0 Å². The number of benzene rings is 6. The van der Waals surface area contributed by atoms with Crippen LogP contribution < -0.4 is 20.2 Å². The first-order valence-electron chi connectivity index (χ1n) is 21.9. The van der Waals surface area contributed by atoms with Crippen molar-refractivity contribution in [2.75, 3.05) is 14.8 Å². The third-order valence-corrected chi connectivity index (χ3v) is 11.5. The van der Waals surface area contributed by atoms with Crippen LogP contribution in [0, 0.1) is 0 Å². The van der Waals surface area contributed by atoms with Crippen molar-refractivity contribution < 1.29 is 0 Å². The molecular formula is C59H52N4. The largest absolute Gasteiger partial charge is 0.311 e. The molecule has 0 saturated carbocycles. The lowest BCUT2D eigenvalue weighted by molar-refractivity contribution is 0.887. The Morgan fingerprint density at radius 1 is 0.476 bits per heavy atom. The van der Waals surface area contributed by atoms with E-state index in [-0.39, 0.29) is 0 Å². The molecule has 0 amide bonds. The molecule has 308 valence electrons. The molecule has 3 aliphatic carbocycles. The lowest BCUT2D eigenvalue weighted by atomic mass is 9.95. The second kappa shape index (κ2) is 19.7. The summed E-state index contributed by atoms with van der Waals surface area (Å²) in [7, 11) is 0. The normalized spacial score (nSPS) is 16.4. The predicted molar refractivity (Wildman–Crippen MR) is 270 cm³/mol. The molecule has 0 bridgehead atoms. The van der Waals surface area contributed by atoms with Crippen molar-refractivity contribution in [2.24, 2.45) is 0 Å². The third kappa shape index (κ3) is 9.88. The maximum atomic E-state index is 3.60. The van der Waals surface area contributed by atoms with Crippen molar-refractivity contribution in [3.05, 3.63) is 264 Å². The Bertz CT molecular complexity index is 2800. The zero-order chi connectivity index (χ0) is 42.6. The van der Waals surface area contributed by atoms with Gasteiger partial charge in [-0.25, -0.2) is 0 Å². The smallest absolute Gasteiger partial charge is 0.0631 e. The maximum absolute atomic E-state index is 3.60. The fraction of sp³-hybridized carbons (Fsp3) is 0.0847. The van der Waals surface area contributed by atoms with Crippen LogP contribution in [0.25, 0.3) is 18.2 Å². The second-order valence-electron chi connectivity index (χ2n) is 15.9. The van der Waals surface area contributed by atoms with Gasteiger partial charge < -0.3 is 15.2 Å². The number of fused-ring (bicyclic) bond motifs is 2. The molecule has 3 aliphatic rings. The van der Waals surface area contributed by atoms with E-state index in [1.807, 2.05) is 12.3 Å². The van der Waals surface area contributed by atoms with Gasteiger partial charge in [0.25, 0.3) is 0 Å². The Kier molecular flexibility index (Phi) is 12.7. The highest BCUT2D eigenvalue weighted by molar-refractivity contribution is 5.81. The molecule has 4 nitrogen and oxygen atoms in total. The zero-order valence-corrected chi connectivity index (χ0v) is 35.8. The zero-order valence-electron chi connectivity index (χ0n) is 35.8. The van der Waals surface area contributed by atoms with Crippen LogP contribution in [0.3, 0.4) is 0 Å². The van der Waals surface area contributed by atoms with Gasteiger partial charge in [-0.15, -0.1) is 0 Å². The number of hydrazine groups is 1. The molecule has 0 spiro atoms. The van der Waals surface area contributed by atoms with Gasteiger partial charge in [0.05, 0.1) is 11.4 Å². The van der Waals surface area contributed by atoms with Crippen molar-refractivity contribution in [3.8, 4) is 0 Å². The van der Waals surface area contributed by atoms with E-state index in [1.165, 1.54) is 33.4 Å². The number of allylic oxidation sites excluding steroid dienone is 13. The molecule has 6 aromatic rings. The van der Waals surface area contributed by atoms with Crippen LogP contribution in [0.15, 0.2) is 236 Å². The van der Waals surface area contributed by atoms with Crippen LogP contribution in [0.1, 0.15) is 47.6 Å². The second-order valence-corrected chi connectivity index (χ2v) is 15.9. The summed E-state index contributed by atoms with van der Waals surface area (Å²) in [6.07, 6.45) is 38.7. The van der Waals surface area contributed by atoms with Crippen LogP contribution in [-0.4, -0.2) is 0 Å². The summed E-state index contributed by atoms with van der Waals surface area (Å²) < 4.78 is 0. The molecule has 1 N–H and O–H groups in total. The van der Waals surface area contributed by atoms with E-state index in [0.717, 1.165) is 71.2 Å². The number of anilines is 7. The molecule has 0 atom stereocenters. The number of nitrogens with one attached hydrogen (secondary N) is 1. The van der Waals surface area contributed by atoms with Crippen molar-refractivity contribution in [1.82, 2.24) is 5.43 Å². The summed E-state index contributed by atoms with van der Waals surface area (Å²) in [5, 5.41) is 2.13. The van der Waals surface area contributed by atoms with E-state index in [0.29, 0.717) is 0 Å². The van der Waals surface area contributed by atoms with Crippen LogP contribution in [-0.2, 0) is 12.8 Å². The Balaban J connectivity index is 1.02. The van der Waals surface area contributed by atoms with E-state index >= 15 is 0 Å². The minimum Gasteiger partial charge on any atom is -0.311 e. The fourth-order valence-corrected chi connectivity index (χ4v) is 8.24. The summed E-state index contributed by atoms with van der Waals surface area (Å²) >= 11 is 0. The van der Waals surface area contributed by atoms with Gasteiger partial charge in [-0.2, -0.15) is 0 Å². The minimum absolute atomic E-state index is 0.878. The highest BCUT2D eigenvalue weighted by Gasteiger charge is 2.18. The monoisotopic (exact) mass is 816 g/mol. The van der Waals surface area contributed by atoms with Crippen LogP contribution in [0.5, 0.6) is 0 Å². The molecule has 0 saturated heterocycles. The maximum Gasteiger partial charge on any atom is 0.0631 e. The molecule has 4 heteroatoms. The van der Waals surface area contributed by atoms with Crippen molar-refractivity contribution >= 4 is 58.0 Å². The lowest BCUT2D eigenvalue weighted by Gasteiger charge is -2.29. The lowest BCUT2D eigenvalue weighted by Crippen LogP contribution is -2.29. The number of para-hydroxylation sites is 2. The highest BCUT2D eigenvalue weighted by atomic mass is 15.5. The number of hydrogen-bond donors (Lipinski definition) is 1. The quantitative estimate of drug-likeness (QED) is 0.0926. The molecule has 6 aromatic carbocycles. The first kappa shape index (κ1) is 40.6. The van der Waals surface area contributed by atoms with Gasteiger partial charge >= 0.3 is 0 Å². The van der Waals surface area contributed by atoms with Gasteiger partial charge in [-0.1, -0.05) is 133 Å². The Morgan fingerprint density at radius 2 is 1.08 bits per heavy atom. The Morgan fingerprint density at radius 3 is 1.84 bits per heavy atom. The molecule has 0 aliphatic heterocycles. The van der Waals surface area contributed by atoms with Gasteiger partial charge in [0, 0.05) is 40.3 Å². The van der Waals surface area contributed by atoms with Gasteiger partial charge in [0.1, 0.15) is 0 Å². The summed E-state index contributed by atoms with van der Waals surface area (Å²) in [5.41, 5.74) is 20.0. The number of hydrogen-bond acceptors (Lipinski definition) is 4. The average molecular weight is 817 g/mol. The number of aryl methyl sites for hydroxylation is 1. The Hall–Kier alpha value is -7.82. The summed E-state index contributed by atoms with van der Waals surface area (Å²) in [5.74, 6) is 0. The molecule has 0 aromatic heterocycles. The molecule has 0 unspecified atom stereocenters. The standard InChI is InChI=1S/C59H52N4/c1-46-18-7-4-9-28-54(33-29-46)61(52-24-10-5-11-25-52)55-35-39-57(40-36-55)63(60-43-16-3-2-8-19-47-30-31-48-20-14-15-21-50(48)44-47)58-41-37-56(38-42-58)62(53-26-12-6-13-27-53)59-34-32-49-22-17-23-51(49)45-59/h2-3,5-13,15-19,21,23-45,60H,4,14,20,22H2,1H3/b3-2-,18-7-,19-8-,28-9?,43-16+,46-29+,54-33+. The summed E-state index contributed by atoms with van der Waals surface area (Å²) in [4.78, 5) is 4.64. The predicted octanol–water partition coefficient (Wildman–Crippen LogP) is 15.6. The molecule has 0 heterocycles. The van der Waals surface area contributed by atoms with Crippen molar-refractivity contribution in [2.45, 2.75) is 32.6 Å². The van der Waals surface area contributed by atoms with Gasteiger partial charge in [0.15, 0.2) is 0 Å². The van der Waals surface area contributed by atoms with Crippen molar-refractivity contribution in [1.29, 1.82) is 0 Å². The van der Waals surface area contributed by atoms with Crippen LogP contribution >= 0.6 is 0 Å². The number of nitrogens with zero attached hydrogens (tertiary/aromatic N) is 3. The van der Waals surface area contributed by atoms with E-state index in [4.69, 9.17) is 0 Å². The highest BCUT2D eigenvalue weighted by Crippen LogP contribution is 2.39. The van der Waals surface area contributed by atoms with Crippen LogP contribution in [0.4, 0.5) is 39.8 Å². The molecule has 9 rings (SSSR count). The summed E-state index contributed by atoms with van der Waals surface area (Å²) in [6.45, 7) is 2.14. The van der Waals surface area contributed by atoms with E-state index < -0.39 is 0 Å². The topological polar surface area (TPSA) is 21.8 Å². The molecule has 0 fully saturated rings. The van der Waals surface area contributed by atoms with Gasteiger partial charge in [0.2, 0.25) is 0 Å². The van der Waals surface area contributed by atoms with Crippen LogP contribution in [0.2, 0.25) is 0 Å². The van der Waals surface area contributed by atoms with E-state index in [1.54, 1.807) is 0 Å². The Labute approximate surface area is 373 Å². The first-order chi connectivity index (χ1) is 31.2. The van der Waals surface area contributed by atoms with Gasteiger partial charge in [-0.05, 0) is 170 Å². The van der Waals surface area contributed by atoms with Gasteiger partial charge in [-0.3, -0.25) is 5.01 Å². The van der Waals surface area contributed by atoms with E-state index in [2.05, 4.69) is 258 Å². The first-order valence-corrected chi connectivity index (χ1v) is 21.9. The molecule has 0 radical (unpaired) electrons. The minimum atomic E-state index is 0.878. The fourth-order valence-electron chi connectivity index (χ4n) is 8.24. The molecular weight excluding hydrogens is 765 g/mol. The number of rotatable bonds is 13. The average Bonchev–Trinajstić information content (AvgIpc) is 3.84. The SMILES string of the molecule is CC1=C\C=C(\N(c2ccccc2)c2ccc(N(N/C=C/C=C\C=C/c3ccc4c(c3)C=CCC4)c3ccc(N(c4ccccc4)c4ccc5c(c4)C=CC5)cc3)cc2)C=CC/C=C\1. The summed E-state index contributed by atoms with van der Waals surface area (Å²) in [6, 6.07) is 52.2. The molecule has 63 heavy (non-hydrogen) atoms. The third-order valence-electron chi connectivity index (χ3n) is 11.5. The van der Waals surface area contributed by atoms with E-state index in [9.17, 15) is 0 Å².